The number of piperazine rings is 1. The minimum Gasteiger partial charge on any atom is -0.368 e. The number of halogens is 3. The lowest BCUT2D eigenvalue weighted by Crippen LogP contribution is -2.47. The molecule has 1 aliphatic heterocycles. The zero-order valence-corrected chi connectivity index (χ0v) is 14.7. The van der Waals surface area contributed by atoms with Crippen LogP contribution in [-0.2, 0) is 6.18 Å². The molecule has 0 radical (unpaired) electrons. The highest BCUT2D eigenvalue weighted by Crippen LogP contribution is 2.39. The molecule has 27 heavy (non-hydrogen) atoms. The molecule has 1 unspecified atom stereocenters. The van der Waals surface area contributed by atoms with Gasteiger partial charge in [0.2, 0.25) is 5.89 Å². The van der Waals surface area contributed by atoms with E-state index in [0.717, 1.165) is 6.07 Å². The van der Waals surface area contributed by atoms with Crippen LogP contribution in [-0.4, -0.2) is 46.1 Å². The molecule has 0 amide bonds. The fourth-order valence-electron chi connectivity index (χ4n) is 3.13. The van der Waals surface area contributed by atoms with Crippen LogP contribution in [0.2, 0.25) is 0 Å². The van der Waals surface area contributed by atoms with Gasteiger partial charge in [0.25, 0.3) is 5.69 Å². The van der Waals surface area contributed by atoms with Gasteiger partial charge < -0.3 is 9.42 Å². The summed E-state index contributed by atoms with van der Waals surface area (Å²) in [6.07, 6.45) is -4.67. The van der Waals surface area contributed by atoms with Crippen molar-refractivity contribution in [1.82, 2.24) is 15.0 Å². The van der Waals surface area contributed by atoms with Crippen LogP contribution >= 0.6 is 0 Å². The van der Waals surface area contributed by atoms with Crippen molar-refractivity contribution >= 4 is 11.4 Å². The van der Waals surface area contributed by atoms with E-state index in [2.05, 4.69) is 10.1 Å². The first kappa shape index (κ1) is 19.1. The first-order valence-electron chi connectivity index (χ1n) is 8.31. The first-order chi connectivity index (χ1) is 12.7. The molecule has 0 spiro atoms. The van der Waals surface area contributed by atoms with Gasteiger partial charge in [-0.2, -0.15) is 18.2 Å². The molecule has 0 aliphatic carbocycles. The average molecular weight is 385 g/mol. The normalized spacial score (nSPS) is 17.1. The lowest BCUT2D eigenvalue weighted by Gasteiger charge is -2.38. The summed E-state index contributed by atoms with van der Waals surface area (Å²) < 4.78 is 45.3. The second-order valence-corrected chi connectivity index (χ2v) is 6.34. The number of hydrogen-bond donors (Lipinski definition) is 0. The number of anilines is 1. The van der Waals surface area contributed by atoms with E-state index >= 15 is 0 Å². The molecular weight excluding hydrogens is 367 g/mol. The van der Waals surface area contributed by atoms with E-state index < -0.39 is 22.4 Å². The molecule has 1 aromatic carbocycles. The van der Waals surface area contributed by atoms with Gasteiger partial charge in [-0.1, -0.05) is 5.16 Å². The van der Waals surface area contributed by atoms with Crippen molar-refractivity contribution in [3.63, 3.8) is 0 Å². The average Bonchev–Trinajstić information content (AvgIpc) is 3.06. The summed E-state index contributed by atoms with van der Waals surface area (Å²) in [6.45, 7) is 5.30. The number of alkyl halides is 3. The van der Waals surface area contributed by atoms with Crippen LogP contribution in [0.15, 0.2) is 22.7 Å². The number of rotatable bonds is 4. The Kier molecular flexibility index (Phi) is 5.05. The summed E-state index contributed by atoms with van der Waals surface area (Å²) in [5.41, 5.74) is -1.62. The lowest BCUT2D eigenvalue weighted by atomic mass is 10.1. The van der Waals surface area contributed by atoms with Crippen LogP contribution < -0.4 is 4.90 Å². The lowest BCUT2D eigenvalue weighted by molar-refractivity contribution is -0.385. The highest BCUT2D eigenvalue weighted by atomic mass is 19.4. The van der Waals surface area contributed by atoms with E-state index in [1.807, 2.05) is 11.8 Å². The second kappa shape index (κ2) is 7.14. The topological polar surface area (TPSA) is 88.5 Å². The van der Waals surface area contributed by atoms with Crippen LogP contribution in [0.1, 0.15) is 30.2 Å². The molecule has 146 valence electrons. The van der Waals surface area contributed by atoms with Crippen molar-refractivity contribution in [2.24, 2.45) is 0 Å². The van der Waals surface area contributed by atoms with Gasteiger partial charge in [0.05, 0.1) is 16.5 Å². The van der Waals surface area contributed by atoms with Gasteiger partial charge in [0, 0.05) is 44.0 Å². The maximum atomic E-state index is 13.4. The fraction of sp³-hybridized carbons (Fsp3) is 0.500. The van der Waals surface area contributed by atoms with Crippen molar-refractivity contribution in [3.05, 3.63) is 45.6 Å². The highest BCUT2D eigenvalue weighted by Gasteiger charge is 2.37. The van der Waals surface area contributed by atoms with Gasteiger partial charge in [-0.15, -0.1) is 0 Å². The second-order valence-electron chi connectivity index (χ2n) is 6.34. The Morgan fingerprint density at radius 3 is 2.44 bits per heavy atom. The number of nitro groups is 1. The number of aromatic nitrogens is 2. The molecule has 1 atom stereocenters. The standard InChI is InChI=1S/C16H18F3N5O3/c1-10(15-20-11(2)21-27-15)22-5-7-23(8-6-22)14-4-3-12(24(25)26)9-13(14)16(17,18)19/h3-4,9-10H,5-8H2,1-2H3. The van der Waals surface area contributed by atoms with Crippen LogP contribution in [0.25, 0.3) is 0 Å². The van der Waals surface area contributed by atoms with Gasteiger partial charge in [-0.3, -0.25) is 15.0 Å². The van der Waals surface area contributed by atoms with Crippen molar-refractivity contribution in [2.75, 3.05) is 31.1 Å². The molecule has 1 saturated heterocycles. The van der Waals surface area contributed by atoms with Crippen molar-refractivity contribution in [1.29, 1.82) is 0 Å². The Morgan fingerprint density at radius 1 is 1.26 bits per heavy atom. The molecular formula is C16H18F3N5O3. The summed E-state index contributed by atoms with van der Waals surface area (Å²) in [5.74, 6) is 0.989. The predicted octanol–water partition coefficient (Wildman–Crippen LogP) is 3.19. The minimum absolute atomic E-state index is 0.0472. The quantitative estimate of drug-likeness (QED) is 0.590. The van der Waals surface area contributed by atoms with E-state index in [0.29, 0.717) is 44.0 Å². The Hall–Kier alpha value is -2.69. The summed E-state index contributed by atoms with van der Waals surface area (Å²) in [7, 11) is 0. The monoisotopic (exact) mass is 385 g/mol. The summed E-state index contributed by atoms with van der Waals surface area (Å²) in [6, 6.07) is 2.71. The van der Waals surface area contributed by atoms with Gasteiger partial charge in [-0.25, -0.2) is 0 Å². The number of nitro benzene ring substituents is 1. The molecule has 2 aromatic rings. The zero-order chi connectivity index (χ0) is 19.8. The number of benzene rings is 1. The molecule has 2 heterocycles. The van der Waals surface area contributed by atoms with Crippen LogP contribution in [0, 0.1) is 17.0 Å². The van der Waals surface area contributed by atoms with Crippen LogP contribution in [0.4, 0.5) is 24.5 Å². The van der Waals surface area contributed by atoms with E-state index in [4.69, 9.17) is 4.52 Å². The maximum absolute atomic E-state index is 13.4. The zero-order valence-electron chi connectivity index (χ0n) is 14.7. The minimum atomic E-state index is -4.67. The smallest absolute Gasteiger partial charge is 0.368 e. The Labute approximate surface area is 152 Å². The van der Waals surface area contributed by atoms with E-state index in [-0.39, 0.29) is 11.7 Å². The molecule has 0 N–H and O–H groups in total. The van der Waals surface area contributed by atoms with Crippen LogP contribution in [0.3, 0.4) is 0 Å². The first-order valence-corrected chi connectivity index (χ1v) is 8.31. The van der Waals surface area contributed by atoms with Gasteiger partial charge in [0.15, 0.2) is 5.82 Å². The van der Waals surface area contributed by atoms with Gasteiger partial charge >= 0.3 is 6.18 Å². The molecule has 0 saturated carbocycles. The molecule has 1 aliphatic rings. The molecule has 0 bridgehead atoms. The van der Waals surface area contributed by atoms with Gasteiger partial charge in [0.1, 0.15) is 0 Å². The number of non-ortho nitro benzene ring substituents is 1. The van der Waals surface area contributed by atoms with Gasteiger partial charge in [-0.05, 0) is 19.9 Å². The van der Waals surface area contributed by atoms with E-state index in [9.17, 15) is 23.3 Å². The van der Waals surface area contributed by atoms with Crippen LogP contribution in [0.5, 0.6) is 0 Å². The molecule has 1 fully saturated rings. The largest absolute Gasteiger partial charge is 0.418 e. The predicted molar refractivity (Wildman–Crippen MR) is 89.3 cm³/mol. The molecule has 11 heteroatoms. The third-order valence-electron chi connectivity index (χ3n) is 4.60. The Morgan fingerprint density at radius 2 is 1.93 bits per heavy atom. The Balaban J connectivity index is 1.76. The molecule has 3 rings (SSSR count). The molecule has 8 nitrogen and oxygen atoms in total. The SMILES string of the molecule is Cc1noc(C(C)N2CCN(c3ccc([N+](=O)[O-])cc3C(F)(F)F)CC2)n1. The van der Waals surface area contributed by atoms with Crippen molar-refractivity contribution in [2.45, 2.75) is 26.1 Å². The third kappa shape index (κ3) is 4.02. The van der Waals surface area contributed by atoms with Crippen molar-refractivity contribution < 1.29 is 22.6 Å². The van der Waals surface area contributed by atoms with E-state index in [1.165, 1.54) is 6.07 Å². The Bertz CT molecular complexity index is 831. The number of hydrogen-bond acceptors (Lipinski definition) is 7. The summed E-state index contributed by atoms with van der Waals surface area (Å²) in [4.78, 5) is 17.8. The summed E-state index contributed by atoms with van der Waals surface area (Å²) >= 11 is 0. The number of nitrogens with zero attached hydrogens (tertiary/aromatic N) is 5. The van der Waals surface area contributed by atoms with E-state index in [1.54, 1.807) is 11.8 Å². The maximum Gasteiger partial charge on any atom is 0.418 e. The number of aryl methyl sites for hydroxylation is 1. The summed E-state index contributed by atoms with van der Waals surface area (Å²) in [5, 5.41) is 14.6. The highest BCUT2D eigenvalue weighted by molar-refractivity contribution is 5.59. The third-order valence-corrected chi connectivity index (χ3v) is 4.60. The molecule has 1 aromatic heterocycles. The fourth-order valence-corrected chi connectivity index (χ4v) is 3.13. The van der Waals surface area contributed by atoms with Crippen molar-refractivity contribution in [3.8, 4) is 0 Å².